The molecule has 0 saturated heterocycles. The summed E-state index contributed by atoms with van der Waals surface area (Å²) in [5, 5.41) is 0. The first-order valence-electron chi connectivity index (χ1n) is 11.7. The van der Waals surface area contributed by atoms with Crippen LogP contribution in [0, 0.1) is 0 Å². The number of imidazole rings is 4. The minimum Gasteiger partial charge on any atom is -0.338 e. The van der Waals surface area contributed by atoms with Crippen LogP contribution in [-0.4, -0.2) is 39.9 Å². The fraction of sp³-hybridized carbons (Fsp3) is 0. The van der Waals surface area contributed by atoms with Crippen LogP contribution in [0.1, 0.15) is 0 Å². The molecule has 0 radical (unpaired) electrons. The van der Waals surface area contributed by atoms with E-state index in [0.29, 0.717) is 11.6 Å². The van der Waals surface area contributed by atoms with Gasteiger partial charge in [0.05, 0.1) is 44.2 Å². The molecule has 4 aromatic carbocycles. The molecule has 0 spiro atoms. The lowest BCUT2D eigenvalue weighted by molar-refractivity contribution is 1.22. The zero-order valence-electron chi connectivity index (χ0n) is 18.9. The molecule has 0 aliphatic carbocycles. The Hall–Kier alpha value is -5.24. The molecule has 0 fully saturated rings. The largest absolute Gasteiger partial charge is 0.338 e. The molecule has 4 N–H and O–H groups in total. The molecular weight excluding hydrogens is 448 g/mol. The summed E-state index contributed by atoms with van der Waals surface area (Å²) in [4.78, 5) is 33.3. The zero-order valence-corrected chi connectivity index (χ0v) is 18.9. The molecule has 8 nitrogen and oxygen atoms in total. The SMILES string of the molecule is c1ccc2[nH]c(-c3nc4c(-c5nc6ccccc6[nH]5)c(-c5nc6ccccc6[nH]5)ccc4[nH]3)nc2c1. The van der Waals surface area contributed by atoms with Crippen molar-refractivity contribution in [3.63, 3.8) is 0 Å². The van der Waals surface area contributed by atoms with E-state index in [2.05, 4.69) is 26.0 Å². The summed E-state index contributed by atoms with van der Waals surface area (Å²) in [6.45, 7) is 0. The predicted octanol–water partition coefficient (Wildman–Crippen LogP) is 6.19. The Bertz CT molecular complexity index is 1970. The number of H-pyrrole nitrogens is 4. The van der Waals surface area contributed by atoms with Gasteiger partial charge in [-0.1, -0.05) is 36.4 Å². The van der Waals surface area contributed by atoms with Crippen molar-refractivity contribution in [3.8, 4) is 34.4 Å². The minimum absolute atomic E-state index is 0.667. The van der Waals surface area contributed by atoms with Crippen LogP contribution in [0.15, 0.2) is 84.9 Å². The van der Waals surface area contributed by atoms with Crippen molar-refractivity contribution in [2.24, 2.45) is 0 Å². The molecule has 4 aromatic heterocycles. The van der Waals surface area contributed by atoms with E-state index in [4.69, 9.17) is 19.9 Å². The highest BCUT2D eigenvalue weighted by Crippen LogP contribution is 2.37. The van der Waals surface area contributed by atoms with Crippen molar-refractivity contribution in [2.75, 3.05) is 0 Å². The number of nitrogens with zero attached hydrogens (tertiary/aromatic N) is 4. The van der Waals surface area contributed by atoms with Crippen LogP contribution in [0.3, 0.4) is 0 Å². The number of rotatable bonds is 3. The quantitative estimate of drug-likeness (QED) is 0.248. The topological polar surface area (TPSA) is 115 Å². The van der Waals surface area contributed by atoms with Crippen molar-refractivity contribution in [3.05, 3.63) is 84.9 Å². The van der Waals surface area contributed by atoms with Gasteiger partial charge in [0.2, 0.25) is 0 Å². The molecule has 0 atom stereocenters. The molecule has 8 heteroatoms. The van der Waals surface area contributed by atoms with Crippen LogP contribution >= 0.6 is 0 Å². The first-order valence-corrected chi connectivity index (χ1v) is 11.7. The van der Waals surface area contributed by atoms with E-state index in [-0.39, 0.29) is 0 Å². The summed E-state index contributed by atoms with van der Waals surface area (Å²) in [5.41, 5.74) is 9.09. The van der Waals surface area contributed by atoms with Gasteiger partial charge in [0.15, 0.2) is 11.6 Å². The molecule has 0 saturated carbocycles. The molecule has 8 rings (SSSR count). The first-order chi connectivity index (χ1) is 17.8. The Morgan fingerprint density at radius 3 is 1.50 bits per heavy atom. The maximum Gasteiger partial charge on any atom is 0.174 e. The van der Waals surface area contributed by atoms with Gasteiger partial charge >= 0.3 is 0 Å². The number of fused-ring (bicyclic) bond motifs is 4. The molecule has 36 heavy (non-hydrogen) atoms. The maximum atomic E-state index is 5.01. The smallest absolute Gasteiger partial charge is 0.174 e. The van der Waals surface area contributed by atoms with Crippen LogP contribution < -0.4 is 0 Å². The highest BCUT2D eigenvalue weighted by Gasteiger charge is 2.21. The Kier molecular flexibility index (Phi) is 3.78. The molecule has 0 aliphatic heterocycles. The van der Waals surface area contributed by atoms with Gasteiger partial charge in [0.25, 0.3) is 0 Å². The van der Waals surface area contributed by atoms with Gasteiger partial charge in [-0.2, -0.15) is 0 Å². The van der Waals surface area contributed by atoms with Gasteiger partial charge in [-0.05, 0) is 48.5 Å². The molecular formula is C28H18N8. The molecule has 170 valence electrons. The van der Waals surface area contributed by atoms with E-state index in [1.807, 2.05) is 78.9 Å². The Balaban J connectivity index is 1.41. The molecule has 8 aromatic rings. The summed E-state index contributed by atoms with van der Waals surface area (Å²) in [7, 11) is 0. The third kappa shape index (κ3) is 2.81. The highest BCUT2D eigenvalue weighted by molar-refractivity contribution is 6.01. The number of nitrogens with one attached hydrogen (secondary N) is 4. The molecule has 0 amide bonds. The van der Waals surface area contributed by atoms with Gasteiger partial charge in [0, 0.05) is 5.56 Å². The number of hydrogen-bond acceptors (Lipinski definition) is 4. The molecule has 0 bridgehead atoms. The van der Waals surface area contributed by atoms with E-state index in [0.717, 1.165) is 66.9 Å². The van der Waals surface area contributed by atoms with Crippen LogP contribution in [0.5, 0.6) is 0 Å². The number of benzene rings is 4. The predicted molar refractivity (Wildman–Crippen MR) is 141 cm³/mol. The van der Waals surface area contributed by atoms with Crippen molar-refractivity contribution >= 4 is 44.1 Å². The van der Waals surface area contributed by atoms with Crippen molar-refractivity contribution in [1.29, 1.82) is 0 Å². The summed E-state index contributed by atoms with van der Waals surface area (Å²) in [6, 6.07) is 28.1. The second kappa shape index (κ2) is 7.13. The summed E-state index contributed by atoms with van der Waals surface area (Å²) in [6.07, 6.45) is 0. The van der Waals surface area contributed by atoms with Gasteiger partial charge in [0.1, 0.15) is 17.2 Å². The normalized spacial score (nSPS) is 11.9. The zero-order chi connectivity index (χ0) is 23.6. The number of aromatic nitrogens is 8. The fourth-order valence-corrected chi connectivity index (χ4v) is 4.84. The van der Waals surface area contributed by atoms with Gasteiger partial charge in [-0.3, -0.25) is 0 Å². The van der Waals surface area contributed by atoms with E-state index in [1.54, 1.807) is 0 Å². The van der Waals surface area contributed by atoms with Crippen molar-refractivity contribution < 1.29 is 0 Å². The number of aromatic amines is 4. The second-order valence-electron chi connectivity index (χ2n) is 8.78. The number of para-hydroxylation sites is 6. The minimum atomic E-state index is 0.667. The average Bonchev–Trinajstić information content (AvgIpc) is 3.69. The van der Waals surface area contributed by atoms with Crippen molar-refractivity contribution in [2.45, 2.75) is 0 Å². The van der Waals surface area contributed by atoms with Crippen LogP contribution in [-0.2, 0) is 0 Å². The second-order valence-corrected chi connectivity index (χ2v) is 8.78. The molecule has 4 heterocycles. The Labute approximate surface area is 203 Å². The van der Waals surface area contributed by atoms with Crippen LogP contribution in [0.4, 0.5) is 0 Å². The van der Waals surface area contributed by atoms with Crippen molar-refractivity contribution in [1.82, 2.24) is 39.9 Å². The van der Waals surface area contributed by atoms with E-state index in [9.17, 15) is 0 Å². The first kappa shape index (κ1) is 19.1. The summed E-state index contributed by atoms with van der Waals surface area (Å²) < 4.78 is 0. The monoisotopic (exact) mass is 466 g/mol. The third-order valence-electron chi connectivity index (χ3n) is 6.54. The average molecular weight is 467 g/mol. The summed E-state index contributed by atoms with van der Waals surface area (Å²) >= 11 is 0. The standard InChI is InChI=1S/C28H18N8/c1-2-8-17-16(7-1)29-25(30-17)15-13-14-22-24(23(15)26-31-18-9-3-4-10-19(18)32-26)36-28(35-22)27-33-20-11-5-6-12-21(20)34-27/h1-14H,(H,29,30)(H,31,32)(H,33,34)(H,35,36). The van der Waals surface area contributed by atoms with Crippen LogP contribution in [0.2, 0.25) is 0 Å². The van der Waals surface area contributed by atoms with E-state index >= 15 is 0 Å². The van der Waals surface area contributed by atoms with Gasteiger partial charge in [-0.15, -0.1) is 0 Å². The van der Waals surface area contributed by atoms with E-state index < -0.39 is 0 Å². The van der Waals surface area contributed by atoms with Crippen LogP contribution in [0.25, 0.3) is 78.6 Å². The summed E-state index contributed by atoms with van der Waals surface area (Å²) in [5.74, 6) is 2.86. The Morgan fingerprint density at radius 1 is 0.389 bits per heavy atom. The highest BCUT2D eigenvalue weighted by atomic mass is 15.0. The maximum absolute atomic E-state index is 5.01. The molecule has 0 aliphatic rings. The van der Waals surface area contributed by atoms with Gasteiger partial charge in [-0.25, -0.2) is 19.9 Å². The lowest BCUT2D eigenvalue weighted by atomic mass is 10.0. The lowest BCUT2D eigenvalue weighted by Gasteiger charge is -2.06. The fourth-order valence-electron chi connectivity index (χ4n) is 4.84. The Morgan fingerprint density at radius 2 is 0.861 bits per heavy atom. The van der Waals surface area contributed by atoms with Gasteiger partial charge < -0.3 is 19.9 Å². The molecule has 0 unspecified atom stereocenters. The van der Waals surface area contributed by atoms with E-state index in [1.165, 1.54) is 0 Å². The number of hydrogen-bond donors (Lipinski definition) is 4. The lowest BCUT2D eigenvalue weighted by Crippen LogP contribution is -1.91. The third-order valence-corrected chi connectivity index (χ3v) is 6.54.